The summed E-state index contributed by atoms with van der Waals surface area (Å²) in [6, 6.07) is 17.4. The molecule has 4 nitrogen and oxygen atoms in total. The topological polar surface area (TPSA) is 63.9 Å². The summed E-state index contributed by atoms with van der Waals surface area (Å²) in [6.45, 7) is 0. The molecule has 94 valence electrons. The Labute approximate surface area is 110 Å². The number of aromatic nitrogens is 2. The smallest absolute Gasteiger partial charge is 0.128 e. The lowest BCUT2D eigenvalue weighted by Crippen LogP contribution is -1.88. The maximum Gasteiger partial charge on any atom is 0.128 e. The minimum absolute atomic E-state index is 0.553. The Morgan fingerprint density at radius 3 is 2.47 bits per heavy atom. The number of H-pyrrole nitrogens is 1. The molecule has 0 fully saturated rings. The van der Waals surface area contributed by atoms with Gasteiger partial charge in [-0.3, -0.25) is 5.10 Å². The van der Waals surface area contributed by atoms with E-state index < -0.39 is 0 Å². The lowest BCUT2D eigenvalue weighted by atomic mass is 10.1. The fourth-order valence-corrected chi connectivity index (χ4v) is 1.88. The number of anilines is 1. The first kappa shape index (κ1) is 11.3. The third-order valence-corrected chi connectivity index (χ3v) is 2.79. The summed E-state index contributed by atoms with van der Waals surface area (Å²) in [4.78, 5) is 0. The summed E-state index contributed by atoms with van der Waals surface area (Å²) in [7, 11) is 0. The number of nitrogens with one attached hydrogen (secondary N) is 1. The van der Waals surface area contributed by atoms with Crippen LogP contribution in [-0.4, -0.2) is 10.2 Å². The van der Waals surface area contributed by atoms with Gasteiger partial charge in [-0.05, 0) is 29.8 Å². The first-order chi connectivity index (χ1) is 9.33. The number of nitrogens with zero attached hydrogens (tertiary/aromatic N) is 1. The highest BCUT2D eigenvalue weighted by Gasteiger charge is 2.06. The number of para-hydroxylation sites is 1. The van der Waals surface area contributed by atoms with Crippen LogP contribution < -0.4 is 10.5 Å². The van der Waals surface area contributed by atoms with E-state index in [0.29, 0.717) is 5.82 Å². The number of nitrogen functional groups attached to an aromatic ring is 1. The summed E-state index contributed by atoms with van der Waals surface area (Å²) in [5, 5.41) is 6.64. The Morgan fingerprint density at radius 2 is 1.74 bits per heavy atom. The van der Waals surface area contributed by atoms with Crippen molar-refractivity contribution in [2.45, 2.75) is 0 Å². The molecule has 0 spiro atoms. The van der Waals surface area contributed by atoms with Crippen molar-refractivity contribution >= 4 is 5.82 Å². The molecule has 2 aromatic carbocycles. The molecule has 0 aliphatic rings. The van der Waals surface area contributed by atoms with Gasteiger partial charge < -0.3 is 10.5 Å². The molecule has 3 aromatic rings. The van der Waals surface area contributed by atoms with Crippen molar-refractivity contribution < 1.29 is 4.74 Å². The van der Waals surface area contributed by atoms with Crippen LogP contribution in [0.5, 0.6) is 11.5 Å². The van der Waals surface area contributed by atoms with Crippen LogP contribution in [-0.2, 0) is 0 Å². The van der Waals surface area contributed by atoms with E-state index in [1.54, 1.807) is 6.20 Å². The van der Waals surface area contributed by atoms with Crippen LogP contribution in [0.2, 0.25) is 0 Å². The van der Waals surface area contributed by atoms with Crippen molar-refractivity contribution in [3.8, 4) is 22.6 Å². The lowest BCUT2D eigenvalue weighted by Gasteiger charge is -2.07. The average Bonchev–Trinajstić information content (AvgIpc) is 2.86. The Morgan fingerprint density at radius 1 is 0.947 bits per heavy atom. The molecular weight excluding hydrogens is 238 g/mol. The zero-order chi connectivity index (χ0) is 13.1. The van der Waals surface area contributed by atoms with Gasteiger partial charge in [-0.25, -0.2) is 0 Å². The molecule has 4 heteroatoms. The maximum atomic E-state index is 5.82. The molecule has 3 rings (SSSR count). The highest BCUT2D eigenvalue weighted by Crippen LogP contribution is 2.29. The second kappa shape index (κ2) is 4.86. The molecule has 0 aliphatic heterocycles. The van der Waals surface area contributed by atoms with E-state index in [-0.39, 0.29) is 0 Å². The van der Waals surface area contributed by atoms with Gasteiger partial charge in [-0.2, -0.15) is 5.10 Å². The number of ether oxygens (including phenoxy) is 1. The molecule has 3 N–H and O–H groups in total. The van der Waals surface area contributed by atoms with Gasteiger partial charge in [-0.15, -0.1) is 0 Å². The minimum atomic E-state index is 0.553. The number of hydrogen-bond acceptors (Lipinski definition) is 3. The van der Waals surface area contributed by atoms with E-state index in [2.05, 4.69) is 10.2 Å². The molecule has 1 aromatic heterocycles. The van der Waals surface area contributed by atoms with Crippen LogP contribution in [0.1, 0.15) is 0 Å². The molecular formula is C15H13N3O. The predicted molar refractivity (Wildman–Crippen MR) is 75.0 cm³/mol. The molecule has 0 unspecified atom stereocenters. The Balaban J connectivity index is 1.91. The van der Waals surface area contributed by atoms with Crippen molar-refractivity contribution in [2.24, 2.45) is 0 Å². The summed E-state index contributed by atoms with van der Waals surface area (Å²) >= 11 is 0. The van der Waals surface area contributed by atoms with Crippen LogP contribution in [0.15, 0.2) is 60.8 Å². The van der Waals surface area contributed by atoms with E-state index in [9.17, 15) is 0 Å². The third kappa shape index (κ3) is 2.42. The summed E-state index contributed by atoms with van der Waals surface area (Å²) in [5.74, 6) is 2.13. The van der Waals surface area contributed by atoms with Crippen LogP contribution in [0.4, 0.5) is 5.82 Å². The third-order valence-electron chi connectivity index (χ3n) is 2.79. The van der Waals surface area contributed by atoms with E-state index in [4.69, 9.17) is 10.5 Å². The SMILES string of the molecule is Nc1[nH]ncc1-c1cccc(Oc2ccccc2)c1. The van der Waals surface area contributed by atoms with Gasteiger partial charge in [0.05, 0.1) is 6.20 Å². The van der Waals surface area contributed by atoms with Crippen molar-refractivity contribution in [1.29, 1.82) is 0 Å². The van der Waals surface area contributed by atoms with Crippen LogP contribution in [0.25, 0.3) is 11.1 Å². The second-order valence-corrected chi connectivity index (χ2v) is 4.14. The summed E-state index contributed by atoms with van der Waals surface area (Å²) < 4.78 is 5.79. The zero-order valence-corrected chi connectivity index (χ0v) is 10.2. The Bertz CT molecular complexity index is 677. The molecule has 0 aliphatic carbocycles. The van der Waals surface area contributed by atoms with Gasteiger partial charge in [0.2, 0.25) is 0 Å². The minimum Gasteiger partial charge on any atom is -0.457 e. The van der Waals surface area contributed by atoms with E-state index in [0.717, 1.165) is 22.6 Å². The van der Waals surface area contributed by atoms with Gasteiger partial charge in [0.15, 0.2) is 0 Å². The van der Waals surface area contributed by atoms with Crippen molar-refractivity contribution in [3.63, 3.8) is 0 Å². The van der Waals surface area contributed by atoms with Crippen LogP contribution in [0.3, 0.4) is 0 Å². The Hall–Kier alpha value is -2.75. The van der Waals surface area contributed by atoms with E-state index in [1.165, 1.54) is 0 Å². The fraction of sp³-hybridized carbons (Fsp3) is 0. The lowest BCUT2D eigenvalue weighted by molar-refractivity contribution is 0.483. The van der Waals surface area contributed by atoms with Gasteiger partial charge in [0.25, 0.3) is 0 Å². The number of hydrogen-bond donors (Lipinski definition) is 2. The fourth-order valence-electron chi connectivity index (χ4n) is 1.88. The van der Waals surface area contributed by atoms with Crippen LogP contribution in [0, 0.1) is 0 Å². The van der Waals surface area contributed by atoms with Gasteiger partial charge >= 0.3 is 0 Å². The van der Waals surface area contributed by atoms with Gasteiger partial charge in [0.1, 0.15) is 17.3 Å². The average molecular weight is 251 g/mol. The molecule has 19 heavy (non-hydrogen) atoms. The quantitative estimate of drug-likeness (QED) is 0.749. The molecule has 1 heterocycles. The van der Waals surface area contributed by atoms with Gasteiger partial charge in [0, 0.05) is 5.56 Å². The maximum absolute atomic E-state index is 5.82. The number of rotatable bonds is 3. The highest BCUT2D eigenvalue weighted by atomic mass is 16.5. The molecule has 0 bridgehead atoms. The first-order valence-electron chi connectivity index (χ1n) is 5.95. The monoisotopic (exact) mass is 251 g/mol. The van der Waals surface area contributed by atoms with Crippen molar-refractivity contribution in [3.05, 3.63) is 60.8 Å². The highest BCUT2D eigenvalue weighted by molar-refractivity contribution is 5.73. The van der Waals surface area contributed by atoms with Crippen molar-refractivity contribution in [2.75, 3.05) is 5.73 Å². The van der Waals surface area contributed by atoms with E-state index in [1.807, 2.05) is 54.6 Å². The largest absolute Gasteiger partial charge is 0.457 e. The molecule has 0 saturated heterocycles. The second-order valence-electron chi connectivity index (χ2n) is 4.14. The number of aromatic amines is 1. The first-order valence-corrected chi connectivity index (χ1v) is 5.95. The normalized spacial score (nSPS) is 10.3. The van der Waals surface area contributed by atoms with E-state index >= 15 is 0 Å². The van der Waals surface area contributed by atoms with Gasteiger partial charge in [-0.1, -0.05) is 30.3 Å². The number of benzene rings is 2. The molecule has 0 radical (unpaired) electrons. The van der Waals surface area contributed by atoms with Crippen LogP contribution >= 0.6 is 0 Å². The summed E-state index contributed by atoms with van der Waals surface area (Å²) in [6.07, 6.45) is 1.71. The predicted octanol–water partition coefficient (Wildman–Crippen LogP) is 3.45. The number of nitrogens with two attached hydrogens (primary N) is 1. The zero-order valence-electron chi connectivity index (χ0n) is 10.2. The molecule has 0 amide bonds. The standard InChI is InChI=1S/C15H13N3O/c16-15-14(10-17-18-15)11-5-4-8-13(9-11)19-12-6-2-1-3-7-12/h1-10H,(H3,16,17,18). The molecule has 0 saturated carbocycles. The Kier molecular flexibility index (Phi) is 2.90. The van der Waals surface area contributed by atoms with Crippen molar-refractivity contribution in [1.82, 2.24) is 10.2 Å². The molecule has 0 atom stereocenters. The summed E-state index contributed by atoms with van der Waals surface area (Å²) in [5.41, 5.74) is 7.66.